The average molecular weight is 1160 g/mol. The lowest BCUT2D eigenvalue weighted by Gasteiger charge is -2.46. The Balaban J connectivity index is 0.000000329. The number of fused-ring (bicyclic) bond motifs is 1. The molecule has 8 rings (SSSR count). The zero-order chi connectivity index (χ0) is 59.4. The summed E-state index contributed by atoms with van der Waals surface area (Å²) < 4.78 is 343. The van der Waals surface area contributed by atoms with Crippen LogP contribution in [0.2, 0.25) is 0 Å². The molecule has 422 valence electrons. The van der Waals surface area contributed by atoms with E-state index < -0.39 is 195 Å². The van der Waals surface area contributed by atoms with Gasteiger partial charge in [-0.3, -0.25) is 4.98 Å². The molecule has 0 aliphatic carbocycles. The number of nitrogens with zero attached hydrogens (tertiary/aromatic N) is 2. The van der Waals surface area contributed by atoms with Crippen LogP contribution in [-0.4, -0.2) is 11.1 Å². The predicted octanol–water partition coefficient (Wildman–Crippen LogP) is 15.5. The molecule has 0 unspecified atom stereocenters. The minimum Gasteiger partial charge on any atom is -0.252 e. The second-order valence-corrected chi connectivity index (χ2v) is 17.8. The summed E-state index contributed by atoms with van der Waals surface area (Å²) in [4.78, 5) is 4.35. The van der Waals surface area contributed by atoms with E-state index in [2.05, 4.69) is 76.3 Å². The van der Waals surface area contributed by atoms with Gasteiger partial charge >= 0.3 is 49.4 Å². The zero-order valence-corrected chi connectivity index (χ0v) is 39.3. The third kappa shape index (κ3) is 13.1. The predicted molar refractivity (Wildman–Crippen MR) is 243 cm³/mol. The van der Waals surface area contributed by atoms with Crippen molar-refractivity contribution in [1.82, 2.24) is 4.98 Å². The van der Waals surface area contributed by atoms with Gasteiger partial charge in [0.05, 0.1) is 62.5 Å². The Morgan fingerprint density at radius 3 is 0.963 bits per heavy atom. The van der Waals surface area contributed by atoms with Crippen LogP contribution in [0.25, 0.3) is 22.0 Å². The summed E-state index contributed by atoms with van der Waals surface area (Å²) >= 11 is 0. The first-order chi connectivity index (χ1) is 36.7. The van der Waals surface area contributed by atoms with E-state index in [0.717, 1.165) is 12.2 Å². The Hall–Kier alpha value is -7.74. The molecule has 0 radical (unpaired) electrons. The summed E-state index contributed by atoms with van der Waals surface area (Å²) in [6, 6.07) is 16.6. The lowest BCUT2D eigenvalue weighted by atomic mass is 9.12. The van der Waals surface area contributed by atoms with E-state index in [0.29, 0.717) is 0 Å². The SMILES string of the molecule is FC(F)(F)c1cc([B-](c2cc(C(F)(F)F)cc(C(F)(F)F)c2)(c2cc(C(F)(F)F)cc(C(F)(F)F)c2)c2cc(C(F)(F)F)cc(C(F)(F)F)c2)cc(C(F)(F)F)c1.c1ccc(C[n+]2ccncc2-c2cccc3ccccc23)cc1. The van der Waals surface area contributed by atoms with E-state index in [4.69, 9.17) is 0 Å². The first-order valence-corrected chi connectivity index (χ1v) is 22.4. The van der Waals surface area contributed by atoms with E-state index in [1.54, 1.807) is 0 Å². The molecule has 1 heterocycles. The molecular formula is C53H29BF24N2. The monoisotopic (exact) mass is 1160 g/mol. The van der Waals surface area contributed by atoms with E-state index in [-0.39, 0.29) is 0 Å². The topological polar surface area (TPSA) is 16.8 Å². The van der Waals surface area contributed by atoms with Crippen LogP contribution in [0.5, 0.6) is 0 Å². The molecule has 8 aromatic rings. The van der Waals surface area contributed by atoms with Crippen LogP contribution in [-0.2, 0) is 56.0 Å². The first-order valence-electron chi connectivity index (χ1n) is 22.4. The number of halogens is 24. The summed E-state index contributed by atoms with van der Waals surface area (Å²) in [5, 5.41) is 2.50. The molecule has 1 aromatic heterocycles. The molecule has 2 nitrogen and oxygen atoms in total. The highest BCUT2D eigenvalue weighted by molar-refractivity contribution is 7.20. The van der Waals surface area contributed by atoms with Gasteiger partial charge in [0, 0.05) is 5.56 Å². The maximum absolute atomic E-state index is 14.2. The highest BCUT2D eigenvalue weighted by Gasteiger charge is 2.47. The van der Waals surface area contributed by atoms with Crippen molar-refractivity contribution in [2.24, 2.45) is 0 Å². The van der Waals surface area contributed by atoms with Crippen LogP contribution in [0.3, 0.4) is 0 Å². The van der Waals surface area contributed by atoms with Gasteiger partial charge in [-0.05, 0) is 41.1 Å². The highest BCUT2D eigenvalue weighted by atomic mass is 19.4. The molecular weight excluding hydrogens is 1130 g/mol. The van der Waals surface area contributed by atoms with Crippen LogP contribution < -0.4 is 26.4 Å². The highest BCUT2D eigenvalue weighted by Crippen LogP contribution is 2.42. The Morgan fingerprint density at radius 2 is 0.637 bits per heavy atom. The summed E-state index contributed by atoms with van der Waals surface area (Å²) in [6.45, 7) is 0.835. The van der Waals surface area contributed by atoms with Gasteiger partial charge in [0.25, 0.3) is 0 Å². The van der Waals surface area contributed by atoms with Crippen LogP contribution in [0.15, 0.2) is 164 Å². The lowest BCUT2D eigenvalue weighted by molar-refractivity contribution is -0.677. The van der Waals surface area contributed by atoms with E-state index in [1.807, 2.05) is 24.7 Å². The minimum atomic E-state index is -6.13. The Labute approximate surface area is 434 Å². The first kappa shape index (κ1) is 59.9. The fourth-order valence-electron chi connectivity index (χ4n) is 9.05. The van der Waals surface area contributed by atoms with Crippen molar-refractivity contribution in [3.05, 3.63) is 214 Å². The van der Waals surface area contributed by atoms with Crippen molar-refractivity contribution in [2.75, 3.05) is 0 Å². The van der Waals surface area contributed by atoms with E-state index in [9.17, 15) is 105 Å². The maximum Gasteiger partial charge on any atom is 0.416 e. The van der Waals surface area contributed by atoms with Gasteiger partial charge in [0.2, 0.25) is 5.69 Å². The van der Waals surface area contributed by atoms with Crippen molar-refractivity contribution in [3.8, 4) is 11.3 Å². The van der Waals surface area contributed by atoms with Crippen LogP contribution in [0.4, 0.5) is 105 Å². The number of aromatic nitrogens is 2. The minimum absolute atomic E-state index is 0.691. The van der Waals surface area contributed by atoms with E-state index in [1.165, 1.54) is 21.9 Å². The van der Waals surface area contributed by atoms with Gasteiger partial charge < -0.3 is 0 Å². The molecule has 7 aromatic carbocycles. The Kier molecular flexibility index (Phi) is 15.8. The quantitative estimate of drug-likeness (QED) is 0.0883. The van der Waals surface area contributed by atoms with Gasteiger partial charge in [0.1, 0.15) is 6.15 Å². The standard InChI is InChI=1S/C32H12BF24.C21H17N2/c34-25(35,36)13-1-14(26(37,38)39)6-21(5-13)33(22-7-15(27(40,41)42)2-16(8-22)28(43,44)45,23-9-17(29(46,47)48)3-18(10-23)30(49,50)51)24-11-19(31(52,53)54)4-20(12-24)32(55,56)57;1-2-7-17(8-3-1)16-23-14-13-22-15-21(23)20-12-6-10-18-9-4-5-11-19(18)20/h1-12H;1-15H,16H2/q-1;+1. The molecule has 0 spiro atoms. The molecule has 0 amide bonds. The fourth-order valence-corrected chi connectivity index (χ4v) is 9.05. The number of alkyl halides is 24. The number of benzene rings is 7. The van der Waals surface area contributed by atoms with Crippen LogP contribution in [0.1, 0.15) is 50.1 Å². The summed E-state index contributed by atoms with van der Waals surface area (Å²) in [6.07, 6.45) is -49.0. The summed E-state index contributed by atoms with van der Waals surface area (Å²) in [5.41, 5.74) is -26.6. The van der Waals surface area contributed by atoms with Gasteiger partial charge in [0.15, 0.2) is 12.7 Å². The molecule has 0 atom stereocenters. The van der Waals surface area contributed by atoms with Gasteiger partial charge in [-0.25, -0.2) is 0 Å². The molecule has 0 aliphatic heterocycles. The Morgan fingerprint density at radius 1 is 0.338 bits per heavy atom. The smallest absolute Gasteiger partial charge is 0.252 e. The third-order valence-electron chi connectivity index (χ3n) is 12.5. The number of hydrogen-bond donors (Lipinski definition) is 0. The average Bonchev–Trinajstić information content (AvgIpc) is 3.35. The number of rotatable bonds is 7. The molecule has 0 bridgehead atoms. The Bertz CT molecular complexity index is 3090. The van der Waals surface area contributed by atoms with Crippen molar-refractivity contribution >= 4 is 38.8 Å². The van der Waals surface area contributed by atoms with Crippen molar-refractivity contribution < 1.29 is 110 Å². The second-order valence-electron chi connectivity index (χ2n) is 17.8. The van der Waals surface area contributed by atoms with Gasteiger partial charge in [-0.1, -0.05) is 115 Å². The van der Waals surface area contributed by atoms with Crippen LogP contribution in [0, 0.1) is 0 Å². The van der Waals surface area contributed by atoms with Gasteiger partial charge in [-0.15, -0.1) is 0 Å². The molecule has 0 saturated heterocycles. The molecule has 27 heteroatoms. The molecule has 0 aliphatic rings. The summed E-state index contributed by atoms with van der Waals surface area (Å²) in [7, 11) is 0. The largest absolute Gasteiger partial charge is 0.416 e. The third-order valence-corrected chi connectivity index (χ3v) is 12.5. The van der Waals surface area contributed by atoms with E-state index >= 15 is 0 Å². The molecule has 0 fully saturated rings. The fraction of sp³-hybridized carbons (Fsp3) is 0.170. The number of hydrogen-bond acceptors (Lipinski definition) is 1. The normalized spacial score (nSPS) is 13.3. The van der Waals surface area contributed by atoms with Crippen molar-refractivity contribution in [3.63, 3.8) is 0 Å². The summed E-state index contributed by atoms with van der Waals surface area (Å²) in [5.74, 6) is 0. The molecule has 0 N–H and O–H groups in total. The second kappa shape index (κ2) is 21.1. The maximum atomic E-state index is 14.2. The van der Waals surface area contributed by atoms with Crippen molar-refractivity contribution in [2.45, 2.75) is 56.0 Å². The van der Waals surface area contributed by atoms with Crippen molar-refractivity contribution in [1.29, 1.82) is 0 Å². The lowest BCUT2D eigenvalue weighted by Crippen LogP contribution is -2.75. The zero-order valence-electron chi connectivity index (χ0n) is 39.3. The molecule has 0 saturated carbocycles. The van der Waals surface area contributed by atoms with Gasteiger partial charge in [-0.2, -0.15) is 132 Å². The van der Waals surface area contributed by atoms with Crippen LogP contribution >= 0.6 is 0 Å². The molecule has 80 heavy (non-hydrogen) atoms.